The summed E-state index contributed by atoms with van der Waals surface area (Å²) in [5.74, 6) is 0. The highest BCUT2D eigenvalue weighted by atomic mass is 15.2. The van der Waals surface area contributed by atoms with Crippen molar-refractivity contribution in [1.29, 1.82) is 0 Å². The lowest BCUT2D eigenvalue weighted by Crippen LogP contribution is -2.41. The van der Waals surface area contributed by atoms with Crippen LogP contribution in [0.5, 0.6) is 0 Å². The molecule has 2 fully saturated rings. The normalized spacial score (nSPS) is 35.1. The van der Waals surface area contributed by atoms with Gasteiger partial charge >= 0.3 is 0 Å². The minimum Gasteiger partial charge on any atom is -0.293 e. The summed E-state index contributed by atoms with van der Waals surface area (Å²) >= 11 is 0. The summed E-state index contributed by atoms with van der Waals surface area (Å²) in [5.41, 5.74) is 2.66. The third kappa shape index (κ3) is 2.13. The van der Waals surface area contributed by atoms with Gasteiger partial charge in [-0.3, -0.25) is 4.90 Å². The van der Waals surface area contributed by atoms with Crippen LogP contribution in [0.15, 0.2) is 11.6 Å². The summed E-state index contributed by atoms with van der Waals surface area (Å²) < 4.78 is 0. The average molecular weight is 207 g/mol. The molecule has 0 aliphatic carbocycles. The first-order chi connectivity index (χ1) is 6.95. The second kappa shape index (κ2) is 3.62. The van der Waals surface area contributed by atoms with Gasteiger partial charge in [0.15, 0.2) is 0 Å². The van der Waals surface area contributed by atoms with Crippen LogP contribution >= 0.6 is 0 Å². The van der Waals surface area contributed by atoms with Crippen molar-refractivity contribution in [2.24, 2.45) is 5.41 Å². The average Bonchev–Trinajstić information content (AvgIpc) is 2.56. The summed E-state index contributed by atoms with van der Waals surface area (Å²) in [6, 6.07) is 0. The summed E-state index contributed by atoms with van der Waals surface area (Å²) in [6.45, 7) is 11.9. The molecular formula is C14H25N. The molecule has 0 amide bonds. The third-order valence-electron chi connectivity index (χ3n) is 3.96. The van der Waals surface area contributed by atoms with Crippen LogP contribution in [0.25, 0.3) is 0 Å². The van der Waals surface area contributed by atoms with E-state index in [0.717, 1.165) is 0 Å². The molecule has 0 N–H and O–H groups in total. The Hall–Kier alpha value is -0.300. The first-order valence-corrected chi connectivity index (χ1v) is 6.34. The molecule has 0 saturated carbocycles. The second-order valence-corrected chi connectivity index (χ2v) is 6.61. The molecule has 86 valence electrons. The molecule has 1 atom stereocenters. The van der Waals surface area contributed by atoms with Gasteiger partial charge in [-0.2, -0.15) is 0 Å². The van der Waals surface area contributed by atoms with Crippen molar-refractivity contribution in [3.05, 3.63) is 11.6 Å². The van der Waals surface area contributed by atoms with Crippen molar-refractivity contribution in [2.45, 2.75) is 58.9 Å². The number of rotatable bonds is 1. The van der Waals surface area contributed by atoms with E-state index in [1.165, 1.54) is 38.8 Å². The fraction of sp³-hybridized carbons (Fsp3) is 0.857. The molecule has 2 aliphatic rings. The maximum atomic E-state index is 2.74. The van der Waals surface area contributed by atoms with Crippen LogP contribution in [0.2, 0.25) is 0 Å². The lowest BCUT2D eigenvalue weighted by molar-refractivity contribution is 0.130. The van der Waals surface area contributed by atoms with Gasteiger partial charge in [0, 0.05) is 12.1 Å². The topological polar surface area (TPSA) is 3.24 Å². The zero-order valence-corrected chi connectivity index (χ0v) is 10.8. The predicted molar refractivity (Wildman–Crippen MR) is 66.0 cm³/mol. The maximum Gasteiger partial charge on any atom is 0.0256 e. The van der Waals surface area contributed by atoms with Gasteiger partial charge in [-0.25, -0.2) is 0 Å². The SMILES string of the molecule is C/C=C1\CN2CCCC2(CC(C)(C)C)C1. The molecule has 1 unspecified atom stereocenters. The molecule has 15 heavy (non-hydrogen) atoms. The monoisotopic (exact) mass is 207 g/mol. The zero-order chi connectivity index (χ0) is 11.1. The largest absolute Gasteiger partial charge is 0.293 e. The van der Waals surface area contributed by atoms with E-state index in [1.54, 1.807) is 5.57 Å². The minimum absolute atomic E-state index is 0.464. The Labute approximate surface area is 94.5 Å². The summed E-state index contributed by atoms with van der Waals surface area (Å²) in [7, 11) is 0. The number of allylic oxidation sites excluding steroid dienone is 1. The van der Waals surface area contributed by atoms with E-state index in [9.17, 15) is 0 Å². The van der Waals surface area contributed by atoms with E-state index in [2.05, 4.69) is 38.7 Å². The standard InChI is InChI=1S/C14H25N/c1-5-12-9-14(11-13(2,3)4)7-6-8-15(14)10-12/h5H,6-11H2,1-4H3/b12-5-. The predicted octanol–water partition coefficient (Wildman–Crippen LogP) is 3.61. The lowest BCUT2D eigenvalue weighted by Gasteiger charge is -2.37. The van der Waals surface area contributed by atoms with Crippen LogP contribution in [0, 0.1) is 5.41 Å². The van der Waals surface area contributed by atoms with Crippen molar-refractivity contribution < 1.29 is 0 Å². The second-order valence-electron chi connectivity index (χ2n) is 6.61. The molecule has 0 aromatic heterocycles. The Kier molecular flexibility index (Phi) is 2.70. The fourth-order valence-corrected chi connectivity index (χ4v) is 3.61. The molecule has 0 aromatic carbocycles. The third-order valence-corrected chi connectivity index (χ3v) is 3.96. The molecule has 0 radical (unpaired) electrons. The van der Waals surface area contributed by atoms with E-state index in [4.69, 9.17) is 0 Å². The number of nitrogens with zero attached hydrogens (tertiary/aromatic N) is 1. The van der Waals surface area contributed by atoms with Gasteiger partial charge < -0.3 is 0 Å². The molecule has 2 heterocycles. The quantitative estimate of drug-likeness (QED) is 0.594. The Morgan fingerprint density at radius 2 is 2.13 bits per heavy atom. The van der Waals surface area contributed by atoms with Crippen LogP contribution in [-0.4, -0.2) is 23.5 Å². The van der Waals surface area contributed by atoms with E-state index < -0.39 is 0 Å². The molecule has 0 bridgehead atoms. The molecule has 1 heteroatoms. The van der Waals surface area contributed by atoms with E-state index in [1.807, 2.05) is 0 Å². The first-order valence-electron chi connectivity index (χ1n) is 6.34. The summed E-state index contributed by atoms with van der Waals surface area (Å²) in [6.07, 6.45) is 7.86. The van der Waals surface area contributed by atoms with Crippen LogP contribution in [0.3, 0.4) is 0 Å². The van der Waals surface area contributed by atoms with Gasteiger partial charge in [-0.1, -0.05) is 32.4 Å². The van der Waals surface area contributed by atoms with E-state index >= 15 is 0 Å². The van der Waals surface area contributed by atoms with Gasteiger partial charge in [0.05, 0.1) is 0 Å². The van der Waals surface area contributed by atoms with Crippen LogP contribution in [0.1, 0.15) is 53.4 Å². The number of hydrogen-bond acceptors (Lipinski definition) is 1. The van der Waals surface area contributed by atoms with E-state index in [-0.39, 0.29) is 0 Å². The zero-order valence-electron chi connectivity index (χ0n) is 10.8. The van der Waals surface area contributed by atoms with Crippen LogP contribution < -0.4 is 0 Å². The van der Waals surface area contributed by atoms with Gasteiger partial charge in [-0.15, -0.1) is 0 Å². The van der Waals surface area contributed by atoms with Gasteiger partial charge in [0.2, 0.25) is 0 Å². The Balaban J connectivity index is 2.17. The van der Waals surface area contributed by atoms with Crippen molar-refractivity contribution in [1.82, 2.24) is 4.90 Å². The van der Waals surface area contributed by atoms with Crippen LogP contribution in [0.4, 0.5) is 0 Å². The molecular weight excluding hydrogens is 182 g/mol. The molecule has 2 saturated heterocycles. The van der Waals surface area contributed by atoms with Gasteiger partial charge in [0.25, 0.3) is 0 Å². The maximum absolute atomic E-state index is 2.74. The summed E-state index contributed by atoms with van der Waals surface area (Å²) in [5, 5.41) is 0. The van der Waals surface area contributed by atoms with Crippen molar-refractivity contribution in [2.75, 3.05) is 13.1 Å². The Morgan fingerprint density at radius 1 is 1.40 bits per heavy atom. The highest BCUT2D eigenvalue weighted by Crippen LogP contribution is 2.47. The first kappa shape index (κ1) is 11.2. The Bertz CT molecular complexity index is 272. The minimum atomic E-state index is 0.464. The van der Waals surface area contributed by atoms with Gasteiger partial charge in [0.1, 0.15) is 0 Å². The molecule has 1 nitrogen and oxygen atoms in total. The smallest absolute Gasteiger partial charge is 0.0256 e. The van der Waals surface area contributed by atoms with Crippen molar-refractivity contribution in [3.8, 4) is 0 Å². The van der Waals surface area contributed by atoms with E-state index in [0.29, 0.717) is 11.0 Å². The molecule has 0 aromatic rings. The lowest BCUT2D eigenvalue weighted by atomic mass is 9.77. The summed E-state index contributed by atoms with van der Waals surface area (Å²) in [4.78, 5) is 2.74. The van der Waals surface area contributed by atoms with Crippen molar-refractivity contribution in [3.63, 3.8) is 0 Å². The number of fused-ring (bicyclic) bond motifs is 1. The highest BCUT2D eigenvalue weighted by Gasteiger charge is 2.47. The number of hydrogen-bond donors (Lipinski definition) is 0. The molecule has 0 spiro atoms. The fourth-order valence-electron chi connectivity index (χ4n) is 3.61. The van der Waals surface area contributed by atoms with Crippen molar-refractivity contribution >= 4 is 0 Å². The highest BCUT2D eigenvalue weighted by molar-refractivity contribution is 5.20. The molecule has 2 rings (SSSR count). The van der Waals surface area contributed by atoms with Crippen LogP contribution in [-0.2, 0) is 0 Å². The molecule has 2 aliphatic heterocycles. The Morgan fingerprint density at radius 3 is 2.73 bits per heavy atom. The van der Waals surface area contributed by atoms with Gasteiger partial charge in [-0.05, 0) is 44.6 Å².